The van der Waals surface area contributed by atoms with E-state index >= 15 is 0 Å². The molecule has 0 bridgehead atoms. The zero-order valence-corrected chi connectivity index (χ0v) is 16.1. The number of hydrogen-bond acceptors (Lipinski definition) is 2. The number of aliphatic hydroxyl groups excluding tert-OH is 1. The SMILES string of the molecule is CCNC(=NCCCc1ccc(C(C)C)cc1)NC1CCC(O)CC1. The predicted octanol–water partition coefficient (Wildman–Crippen LogP) is 3.60. The summed E-state index contributed by atoms with van der Waals surface area (Å²) in [6, 6.07) is 9.41. The minimum absolute atomic E-state index is 0.111. The fraction of sp³-hybridized carbons (Fsp3) is 0.667. The molecule has 0 heterocycles. The predicted molar refractivity (Wildman–Crippen MR) is 106 cm³/mol. The van der Waals surface area contributed by atoms with Gasteiger partial charge in [-0.05, 0) is 62.5 Å². The van der Waals surface area contributed by atoms with E-state index in [0.29, 0.717) is 12.0 Å². The molecule has 1 fully saturated rings. The van der Waals surface area contributed by atoms with Crippen molar-refractivity contribution in [3.63, 3.8) is 0 Å². The Morgan fingerprint density at radius 1 is 1.16 bits per heavy atom. The molecule has 0 amide bonds. The molecule has 1 aromatic rings. The Morgan fingerprint density at radius 3 is 2.44 bits per heavy atom. The van der Waals surface area contributed by atoms with Crippen molar-refractivity contribution in [3.8, 4) is 0 Å². The van der Waals surface area contributed by atoms with Crippen molar-refractivity contribution in [1.29, 1.82) is 0 Å². The van der Waals surface area contributed by atoms with E-state index in [0.717, 1.165) is 57.6 Å². The van der Waals surface area contributed by atoms with E-state index in [-0.39, 0.29) is 6.10 Å². The molecular weight excluding hydrogens is 310 g/mol. The van der Waals surface area contributed by atoms with Gasteiger partial charge < -0.3 is 15.7 Å². The van der Waals surface area contributed by atoms with E-state index in [1.165, 1.54) is 11.1 Å². The van der Waals surface area contributed by atoms with Crippen molar-refractivity contribution in [1.82, 2.24) is 10.6 Å². The highest BCUT2D eigenvalue weighted by Gasteiger charge is 2.19. The highest BCUT2D eigenvalue weighted by molar-refractivity contribution is 5.80. The third kappa shape index (κ3) is 7.07. The molecule has 0 saturated heterocycles. The fourth-order valence-electron chi connectivity index (χ4n) is 3.28. The molecule has 4 heteroatoms. The van der Waals surface area contributed by atoms with Crippen LogP contribution in [-0.4, -0.2) is 36.3 Å². The van der Waals surface area contributed by atoms with E-state index in [9.17, 15) is 5.11 Å². The largest absolute Gasteiger partial charge is 0.393 e. The van der Waals surface area contributed by atoms with Crippen molar-refractivity contribution >= 4 is 5.96 Å². The van der Waals surface area contributed by atoms with Gasteiger partial charge in [0, 0.05) is 19.1 Å². The van der Waals surface area contributed by atoms with Crippen molar-refractivity contribution in [3.05, 3.63) is 35.4 Å². The summed E-state index contributed by atoms with van der Waals surface area (Å²) in [5, 5.41) is 16.5. The van der Waals surface area contributed by atoms with E-state index in [1.54, 1.807) is 0 Å². The lowest BCUT2D eigenvalue weighted by molar-refractivity contribution is 0.120. The first kappa shape index (κ1) is 19.8. The van der Waals surface area contributed by atoms with Crippen LogP contribution in [0.1, 0.15) is 69.9 Å². The molecular formula is C21H35N3O. The monoisotopic (exact) mass is 345 g/mol. The van der Waals surface area contributed by atoms with Gasteiger partial charge >= 0.3 is 0 Å². The molecule has 1 aliphatic rings. The van der Waals surface area contributed by atoms with Crippen LogP contribution in [0.2, 0.25) is 0 Å². The molecule has 140 valence electrons. The summed E-state index contributed by atoms with van der Waals surface area (Å²) in [6.07, 6.45) is 5.84. The lowest BCUT2D eigenvalue weighted by Gasteiger charge is -2.27. The van der Waals surface area contributed by atoms with E-state index in [4.69, 9.17) is 4.99 Å². The molecule has 1 aromatic carbocycles. The standard InChI is InChI=1S/C21H35N3O/c1-4-22-21(24-19-11-13-20(25)14-12-19)23-15-5-6-17-7-9-18(10-8-17)16(2)3/h7-10,16,19-20,25H,4-6,11-15H2,1-3H3,(H2,22,23,24). The molecule has 0 aromatic heterocycles. The van der Waals surface area contributed by atoms with Gasteiger partial charge in [0.25, 0.3) is 0 Å². The molecule has 0 spiro atoms. The summed E-state index contributed by atoms with van der Waals surface area (Å²) >= 11 is 0. The highest BCUT2D eigenvalue weighted by Crippen LogP contribution is 2.18. The van der Waals surface area contributed by atoms with Gasteiger partial charge in [-0.25, -0.2) is 0 Å². The summed E-state index contributed by atoms with van der Waals surface area (Å²) in [6.45, 7) is 8.25. The second-order valence-corrected chi connectivity index (χ2v) is 7.41. The van der Waals surface area contributed by atoms with Gasteiger partial charge in [0.1, 0.15) is 0 Å². The smallest absolute Gasteiger partial charge is 0.191 e. The molecule has 0 unspecified atom stereocenters. The second kappa shape index (κ2) is 10.4. The van der Waals surface area contributed by atoms with Crippen LogP contribution in [0.25, 0.3) is 0 Å². The number of aryl methyl sites for hydroxylation is 1. The first-order valence-electron chi connectivity index (χ1n) is 9.90. The zero-order chi connectivity index (χ0) is 18.1. The summed E-state index contributed by atoms with van der Waals surface area (Å²) in [7, 11) is 0. The zero-order valence-electron chi connectivity index (χ0n) is 16.1. The number of aliphatic imine (C=N–C) groups is 1. The van der Waals surface area contributed by atoms with Crippen molar-refractivity contribution in [2.24, 2.45) is 4.99 Å². The van der Waals surface area contributed by atoms with E-state index in [2.05, 4.69) is 55.7 Å². The van der Waals surface area contributed by atoms with Gasteiger partial charge in [0.2, 0.25) is 0 Å². The first-order valence-corrected chi connectivity index (χ1v) is 9.90. The second-order valence-electron chi connectivity index (χ2n) is 7.41. The fourth-order valence-corrected chi connectivity index (χ4v) is 3.28. The van der Waals surface area contributed by atoms with Crippen molar-refractivity contribution < 1.29 is 5.11 Å². The number of guanidine groups is 1. The van der Waals surface area contributed by atoms with Crippen LogP contribution in [0.4, 0.5) is 0 Å². The molecule has 3 N–H and O–H groups in total. The number of nitrogens with zero attached hydrogens (tertiary/aromatic N) is 1. The van der Waals surface area contributed by atoms with Crippen LogP contribution >= 0.6 is 0 Å². The minimum atomic E-state index is -0.111. The van der Waals surface area contributed by atoms with E-state index < -0.39 is 0 Å². The maximum absolute atomic E-state index is 9.62. The van der Waals surface area contributed by atoms with Crippen LogP contribution < -0.4 is 10.6 Å². The summed E-state index contributed by atoms with van der Waals surface area (Å²) in [4.78, 5) is 4.72. The number of aliphatic hydroxyl groups is 1. The van der Waals surface area contributed by atoms with Gasteiger partial charge in [-0.2, -0.15) is 0 Å². The van der Waals surface area contributed by atoms with Crippen LogP contribution in [0.3, 0.4) is 0 Å². The Balaban J connectivity index is 1.76. The average molecular weight is 346 g/mol. The van der Waals surface area contributed by atoms with Gasteiger partial charge in [0.15, 0.2) is 5.96 Å². The lowest BCUT2D eigenvalue weighted by atomic mass is 9.93. The van der Waals surface area contributed by atoms with Crippen molar-refractivity contribution in [2.75, 3.05) is 13.1 Å². The molecule has 2 rings (SSSR count). The van der Waals surface area contributed by atoms with Crippen LogP contribution in [0.15, 0.2) is 29.3 Å². The summed E-state index contributed by atoms with van der Waals surface area (Å²) in [5.41, 5.74) is 2.79. The van der Waals surface area contributed by atoms with Crippen LogP contribution in [-0.2, 0) is 6.42 Å². The van der Waals surface area contributed by atoms with Gasteiger partial charge in [-0.15, -0.1) is 0 Å². The van der Waals surface area contributed by atoms with Gasteiger partial charge in [-0.3, -0.25) is 4.99 Å². The highest BCUT2D eigenvalue weighted by atomic mass is 16.3. The number of benzene rings is 1. The Morgan fingerprint density at radius 2 is 1.84 bits per heavy atom. The third-order valence-electron chi connectivity index (χ3n) is 4.92. The third-order valence-corrected chi connectivity index (χ3v) is 4.92. The average Bonchev–Trinajstić information content (AvgIpc) is 2.61. The number of nitrogens with one attached hydrogen (secondary N) is 2. The molecule has 0 aliphatic heterocycles. The first-order chi connectivity index (χ1) is 12.1. The Labute approximate surface area is 153 Å². The Kier molecular flexibility index (Phi) is 8.26. The molecule has 1 aliphatic carbocycles. The maximum Gasteiger partial charge on any atom is 0.191 e. The number of rotatable bonds is 7. The quantitative estimate of drug-likeness (QED) is 0.402. The Hall–Kier alpha value is -1.55. The molecule has 25 heavy (non-hydrogen) atoms. The Bertz CT molecular complexity index is 516. The van der Waals surface area contributed by atoms with Crippen molar-refractivity contribution in [2.45, 2.75) is 77.4 Å². The van der Waals surface area contributed by atoms with Crippen LogP contribution in [0.5, 0.6) is 0 Å². The van der Waals surface area contributed by atoms with Gasteiger partial charge in [0.05, 0.1) is 6.10 Å². The molecule has 1 saturated carbocycles. The molecule has 4 nitrogen and oxygen atoms in total. The topological polar surface area (TPSA) is 56.7 Å². The number of hydrogen-bond donors (Lipinski definition) is 3. The summed E-state index contributed by atoms with van der Waals surface area (Å²) < 4.78 is 0. The normalized spacial score (nSPS) is 21.4. The van der Waals surface area contributed by atoms with E-state index in [1.807, 2.05) is 0 Å². The summed E-state index contributed by atoms with van der Waals surface area (Å²) in [5.74, 6) is 1.51. The lowest BCUT2D eigenvalue weighted by Crippen LogP contribution is -2.45. The minimum Gasteiger partial charge on any atom is -0.393 e. The molecule has 0 radical (unpaired) electrons. The maximum atomic E-state index is 9.62. The van der Waals surface area contributed by atoms with Crippen LogP contribution in [0, 0.1) is 0 Å². The molecule has 0 atom stereocenters. The van der Waals surface area contributed by atoms with Gasteiger partial charge in [-0.1, -0.05) is 38.1 Å².